The lowest BCUT2D eigenvalue weighted by atomic mass is 9.97. The van der Waals surface area contributed by atoms with Crippen LogP contribution in [0.15, 0.2) is 30.3 Å². The topological polar surface area (TPSA) is 56.1 Å². The first-order valence-electron chi connectivity index (χ1n) is 7.16. The molecule has 1 amide bonds. The van der Waals surface area contributed by atoms with E-state index in [1.807, 2.05) is 35.2 Å². The number of rotatable bonds is 4. The van der Waals surface area contributed by atoms with Gasteiger partial charge in [-0.2, -0.15) is 5.26 Å². The maximum absolute atomic E-state index is 12.7. The summed E-state index contributed by atoms with van der Waals surface area (Å²) in [4.78, 5) is 14.6. The van der Waals surface area contributed by atoms with Crippen LogP contribution in [0.1, 0.15) is 31.4 Å². The summed E-state index contributed by atoms with van der Waals surface area (Å²) in [5, 5.41) is 11.8. The van der Waals surface area contributed by atoms with Gasteiger partial charge in [-0.1, -0.05) is 37.3 Å². The van der Waals surface area contributed by atoms with Crippen LogP contribution < -0.4 is 5.32 Å². The summed E-state index contributed by atoms with van der Waals surface area (Å²) in [6.07, 6.45) is 2.12. The number of nitrogens with one attached hydrogen (secondary N) is 1. The van der Waals surface area contributed by atoms with Gasteiger partial charge in [-0.3, -0.25) is 10.1 Å². The predicted molar refractivity (Wildman–Crippen MR) is 77.8 cm³/mol. The van der Waals surface area contributed by atoms with Crippen LogP contribution in [0, 0.1) is 17.2 Å². The van der Waals surface area contributed by atoms with Crippen LogP contribution in [0.25, 0.3) is 0 Å². The Morgan fingerprint density at radius 3 is 2.65 bits per heavy atom. The van der Waals surface area contributed by atoms with Gasteiger partial charge in [-0.15, -0.1) is 0 Å². The number of likely N-dealkylation sites (tertiary alicyclic amines) is 1. The first-order valence-corrected chi connectivity index (χ1v) is 7.16. The summed E-state index contributed by atoms with van der Waals surface area (Å²) in [5.41, 5.74) is 0.923. The molecule has 1 saturated heterocycles. The van der Waals surface area contributed by atoms with E-state index in [1.54, 1.807) is 0 Å². The van der Waals surface area contributed by atoms with Gasteiger partial charge in [0.2, 0.25) is 5.91 Å². The second-order valence-corrected chi connectivity index (χ2v) is 5.39. The molecule has 4 heteroatoms. The highest BCUT2D eigenvalue weighted by Gasteiger charge is 2.27. The number of benzene rings is 1. The highest BCUT2D eigenvalue weighted by molar-refractivity contribution is 5.83. The molecular weight excluding hydrogens is 250 g/mol. The second kappa shape index (κ2) is 7.06. The average molecular weight is 271 g/mol. The van der Waals surface area contributed by atoms with E-state index < -0.39 is 6.04 Å². The Bertz CT molecular complexity index is 472. The van der Waals surface area contributed by atoms with Crippen molar-refractivity contribution in [2.75, 3.05) is 19.6 Å². The predicted octanol–water partition coefficient (Wildman–Crippen LogP) is 2.10. The molecule has 0 aromatic heterocycles. The Morgan fingerprint density at radius 2 is 2.05 bits per heavy atom. The van der Waals surface area contributed by atoms with Crippen molar-refractivity contribution >= 4 is 5.91 Å². The third-order valence-corrected chi connectivity index (χ3v) is 3.86. The zero-order valence-corrected chi connectivity index (χ0v) is 11.9. The normalized spacial score (nSPS) is 17.5. The van der Waals surface area contributed by atoms with E-state index in [0.717, 1.165) is 31.5 Å². The Balaban J connectivity index is 2.10. The largest absolute Gasteiger partial charge is 0.341 e. The summed E-state index contributed by atoms with van der Waals surface area (Å²) < 4.78 is 0. The fourth-order valence-electron chi connectivity index (χ4n) is 2.55. The minimum Gasteiger partial charge on any atom is -0.341 e. The highest BCUT2D eigenvalue weighted by Crippen LogP contribution is 2.21. The van der Waals surface area contributed by atoms with Gasteiger partial charge in [0.1, 0.15) is 6.04 Å². The molecule has 106 valence electrons. The molecule has 1 aromatic carbocycles. The van der Waals surface area contributed by atoms with Crippen molar-refractivity contribution in [3.05, 3.63) is 35.9 Å². The maximum Gasteiger partial charge on any atom is 0.244 e. The third kappa shape index (κ3) is 3.58. The smallest absolute Gasteiger partial charge is 0.244 e. The molecule has 1 unspecified atom stereocenters. The van der Waals surface area contributed by atoms with E-state index in [1.165, 1.54) is 0 Å². The average Bonchev–Trinajstić information content (AvgIpc) is 2.49. The molecular formula is C16H21N3O. The van der Waals surface area contributed by atoms with E-state index >= 15 is 0 Å². The number of nitrogens with zero attached hydrogens (tertiary/aromatic N) is 2. The lowest BCUT2D eigenvalue weighted by Gasteiger charge is -2.33. The minimum absolute atomic E-state index is 0.0818. The molecule has 1 N–H and O–H groups in total. The molecule has 2 rings (SSSR count). The Labute approximate surface area is 120 Å². The van der Waals surface area contributed by atoms with Crippen LogP contribution in [0.2, 0.25) is 0 Å². The molecule has 0 saturated carbocycles. The van der Waals surface area contributed by atoms with Crippen molar-refractivity contribution in [1.82, 2.24) is 10.2 Å². The summed E-state index contributed by atoms with van der Waals surface area (Å²) in [5.74, 6) is 0.777. The molecule has 1 aliphatic rings. The van der Waals surface area contributed by atoms with E-state index in [4.69, 9.17) is 5.26 Å². The van der Waals surface area contributed by atoms with Gasteiger partial charge in [0.05, 0.1) is 12.6 Å². The Kier molecular flexibility index (Phi) is 5.14. The van der Waals surface area contributed by atoms with Crippen molar-refractivity contribution in [2.45, 2.75) is 25.8 Å². The van der Waals surface area contributed by atoms with Gasteiger partial charge in [-0.05, 0) is 24.3 Å². The van der Waals surface area contributed by atoms with Gasteiger partial charge in [0, 0.05) is 13.1 Å². The molecule has 0 radical (unpaired) electrons. The van der Waals surface area contributed by atoms with E-state index in [0.29, 0.717) is 5.92 Å². The molecule has 1 aliphatic heterocycles. The fourth-order valence-corrected chi connectivity index (χ4v) is 2.55. The minimum atomic E-state index is -0.413. The highest BCUT2D eigenvalue weighted by atomic mass is 16.2. The number of nitriles is 1. The number of hydrogen-bond acceptors (Lipinski definition) is 3. The van der Waals surface area contributed by atoms with Gasteiger partial charge in [0.15, 0.2) is 0 Å². The monoisotopic (exact) mass is 271 g/mol. The number of carbonyl (C=O) groups excluding carboxylic acids is 1. The van der Waals surface area contributed by atoms with Gasteiger partial charge < -0.3 is 4.90 Å². The molecule has 0 bridgehead atoms. The summed E-state index contributed by atoms with van der Waals surface area (Å²) in [6.45, 7) is 4.04. The summed E-state index contributed by atoms with van der Waals surface area (Å²) >= 11 is 0. The van der Waals surface area contributed by atoms with Gasteiger partial charge in [-0.25, -0.2) is 0 Å². The first-order chi connectivity index (χ1) is 9.72. The van der Waals surface area contributed by atoms with Crippen LogP contribution in [0.3, 0.4) is 0 Å². The van der Waals surface area contributed by atoms with Crippen molar-refractivity contribution < 1.29 is 4.79 Å². The number of carbonyl (C=O) groups is 1. The Morgan fingerprint density at radius 1 is 1.40 bits per heavy atom. The SMILES string of the molecule is CC1CCN(C(=O)C(NCC#N)c2ccccc2)CC1. The fraction of sp³-hybridized carbons (Fsp3) is 0.500. The van der Waals surface area contributed by atoms with Crippen LogP contribution in [-0.4, -0.2) is 30.4 Å². The first kappa shape index (κ1) is 14.5. The lowest BCUT2D eigenvalue weighted by Crippen LogP contribution is -2.44. The summed E-state index contributed by atoms with van der Waals surface area (Å²) in [6, 6.07) is 11.3. The van der Waals surface area contributed by atoms with Crippen molar-refractivity contribution in [2.24, 2.45) is 5.92 Å². The lowest BCUT2D eigenvalue weighted by molar-refractivity contribution is -0.134. The molecule has 0 aliphatic carbocycles. The number of amides is 1. The number of hydrogen-bond donors (Lipinski definition) is 1. The quantitative estimate of drug-likeness (QED) is 0.853. The van der Waals surface area contributed by atoms with Crippen LogP contribution in [0.5, 0.6) is 0 Å². The van der Waals surface area contributed by atoms with Crippen molar-refractivity contribution in [3.63, 3.8) is 0 Å². The Hall–Kier alpha value is -1.86. The molecule has 1 aromatic rings. The van der Waals surface area contributed by atoms with E-state index in [2.05, 4.69) is 18.3 Å². The molecule has 20 heavy (non-hydrogen) atoms. The second-order valence-electron chi connectivity index (χ2n) is 5.39. The molecule has 0 spiro atoms. The van der Waals surface area contributed by atoms with Gasteiger partial charge >= 0.3 is 0 Å². The van der Waals surface area contributed by atoms with Crippen molar-refractivity contribution in [3.8, 4) is 6.07 Å². The standard InChI is InChI=1S/C16H21N3O/c1-13-7-11-19(12-8-13)16(20)15(18-10-9-17)14-5-3-2-4-6-14/h2-6,13,15,18H,7-8,10-12H2,1H3. The number of piperidine rings is 1. The van der Waals surface area contributed by atoms with E-state index in [-0.39, 0.29) is 12.5 Å². The van der Waals surface area contributed by atoms with Crippen LogP contribution in [0.4, 0.5) is 0 Å². The van der Waals surface area contributed by atoms with Gasteiger partial charge in [0.25, 0.3) is 0 Å². The summed E-state index contributed by atoms with van der Waals surface area (Å²) in [7, 11) is 0. The van der Waals surface area contributed by atoms with Crippen molar-refractivity contribution in [1.29, 1.82) is 5.26 Å². The molecule has 1 fully saturated rings. The van der Waals surface area contributed by atoms with Crippen LogP contribution in [-0.2, 0) is 4.79 Å². The zero-order valence-electron chi connectivity index (χ0n) is 11.9. The van der Waals surface area contributed by atoms with E-state index in [9.17, 15) is 4.79 Å². The molecule has 1 atom stereocenters. The maximum atomic E-state index is 12.7. The molecule has 1 heterocycles. The third-order valence-electron chi connectivity index (χ3n) is 3.86. The van der Waals surface area contributed by atoms with Crippen LogP contribution >= 0.6 is 0 Å². The zero-order chi connectivity index (χ0) is 14.4. The molecule has 4 nitrogen and oxygen atoms in total.